The molecular formula is C29H28N8O3S. The molecule has 41 heavy (non-hydrogen) atoms. The Balaban J connectivity index is 1.22. The number of sulfone groups is 1. The fourth-order valence-electron chi connectivity index (χ4n) is 4.46. The van der Waals surface area contributed by atoms with E-state index in [1.165, 1.54) is 6.26 Å². The predicted octanol–water partition coefficient (Wildman–Crippen LogP) is 4.08. The Kier molecular flexibility index (Phi) is 7.16. The molecular weight excluding hydrogens is 540 g/mol. The van der Waals surface area contributed by atoms with Gasteiger partial charge in [0.1, 0.15) is 12.0 Å². The van der Waals surface area contributed by atoms with Crippen molar-refractivity contribution in [2.24, 2.45) is 0 Å². The number of nitrogens with zero attached hydrogens (tertiary/aromatic N) is 7. The third-order valence-electron chi connectivity index (χ3n) is 6.67. The number of morpholine rings is 1. The zero-order chi connectivity index (χ0) is 28.4. The molecule has 5 aromatic rings. The summed E-state index contributed by atoms with van der Waals surface area (Å²) in [5.74, 6) is 0.940. The highest BCUT2D eigenvalue weighted by Gasteiger charge is 2.18. The molecule has 12 heteroatoms. The van der Waals surface area contributed by atoms with E-state index >= 15 is 0 Å². The van der Waals surface area contributed by atoms with Gasteiger partial charge in [0.15, 0.2) is 15.7 Å². The third-order valence-corrected chi connectivity index (χ3v) is 7.76. The second-order valence-corrected chi connectivity index (χ2v) is 11.8. The minimum Gasteiger partial charge on any atom is -0.378 e. The molecule has 1 aliphatic rings. The Labute approximate surface area is 237 Å². The number of ether oxygens (including phenoxy) is 1. The van der Waals surface area contributed by atoms with Crippen molar-refractivity contribution in [3.8, 4) is 28.5 Å². The minimum atomic E-state index is -3.43. The average Bonchev–Trinajstić information content (AvgIpc) is 3.48. The van der Waals surface area contributed by atoms with Gasteiger partial charge in [-0.05, 0) is 67.1 Å². The summed E-state index contributed by atoms with van der Waals surface area (Å²) in [6, 6.07) is 18.6. The van der Waals surface area contributed by atoms with Gasteiger partial charge in [0.2, 0.25) is 5.95 Å². The Hall–Kier alpha value is -4.68. The lowest BCUT2D eigenvalue weighted by Crippen LogP contribution is -2.36. The molecule has 1 fully saturated rings. The number of aromatic nitrogens is 6. The Bertz CT molecular complexity index is 1780. The van der Waals surface area contributed by atoms with Gasteiger partial charge in [-0.25, -0.2) is 28.1 Å². The van der Waals surface area contributed by atoms with Crippen LogP contribution < -0.4 is 10.2 Å². The van der Waals surface area contributed by atoms with Gasteiger partial charge >= 0.3 is 0 Å². The van der Waals surface area contributed by atoms with Gasteiger partial charge in [-0.3, -0.25) is 4.98 Å². The lowest BCUT2D eigenvalue weighted by Gasteiger charge is -2.29. The van der Waals surface area contributed by atoms with E-state index in [0.717, 1.165) is 22.6 Å². The van der Waals surface area contributed by atoms with Crippen LogP contribution in [-0.2, 0) is 14.6 Å². The van der Waals surface area contributed by atoms with Crippen LogP contribution in [0.25, 0.3) is 28.5 Å². The van der Waals surface area contributed by atoms with Gasteiger partial charge in [0.05, 0.1) is 29.5 Å². The van der Waals surface area contributed by atoms with Crippen molar-refractivity contribution in [3.63, 3.8) is 0 Å². The molecule has 2 aromatic carbocycles. The molecule has 4 heterocycles. The molecule has 0 saturated carbocycles. The molecule has 3 aromatic heterocycles. The molecule has 11 nitrogen and oxygen atoms in total. The molecule has 0 bridgehead atoms. The van der Waals surface area contributed by atoms with Gasteiger partial charge in [0, 0.05) is 48.7 Å². The van der Waals surface area contributed by atoms with Crippen LogP contribution in [0.3, 0.4) is 0 Å². The van der Waals surface area contributed by atoms with Crippen LogP contribution in [-0.4, -0.2) is 70.7 Å². The van der Waals surface area contributed by atoms with Crippen molar-refractivity contribution in [2.45, 2.75) is 11.8 Å². The summed E-state index contributed by atoms with van der Waals surface area (Å²) in [6.07, 6.45) is 6.31. The summed E-state index contributed by atoms with van der Waals surface area (Å²) < 4.78 is 32.1. The van der Waals surface area contributed by atoms with Crippen molar-refractivity contribution in [1.82, 2.24) is 29.7 Å². The van der Waals surface area contributed by atoms with Crippen LogP contribution in [0.5, 0.6) is 0 Å². The van der Waals surface area contributed by atoms with E-state index in [4.69, 9.17) is 4.74 Å². The first-order valence-electron chi connectivity index (χ1n) is 13.1. The van der Waals surface area contributed by atoms with Crippen molar-refractivity contribution < 1.29 is 13.2 Å². The Morgan fingerprint density at radius 3 is 2.41 bits per heavy atom. The lowest BCUT2D eigenvalue weighted by atomic mass is 10.1. The highest BCUT2D eigenvalue weighted by atomic mass is 32.2. The fourth-order valence-corrected chi connectivity index (χ4v) is 5.14. The summed E-state index contributed by atoms with van der Waals surface area (Å²) in [7, 11) is -3.43. The number of pyridine rings is 1. The van der Waals surface area contributed by atoms with Crippen LogP contribution in [0.2, 0.25) is 0 Å². The number of benzene rings is 2. The number of hydrogen-bond donors (Lipinski definition) is 1. The van der Waals surface area contributed by atoms with E-state index in [1.54, 1.807) is 41.6 Å². The third kappa shape index (κ3) is 6.08. The van der Waals surface area contributed by atoms with Gasteiger partial charge in [-0.1, -0.05) is 6.07 Å². The molecule has 1 N–H and O–H groups in total. The van der Waals surface area contributed by atoms with Crippen LogP contribution in [0.4, 0.5) is 17.3 Å². The number of nitrogens with one attached hydrogen (secondary N) is 1. The SMILES string of the molecule is Cc1ccc(-c2ncn(-c3ccc(Nc4nccc(-c5cc(N6CCOCC6)cc(S(C)(=O)=O)c5)n4)cc3)n2)nc1. The monoisotopic (exact) mass is 568 g/mol. The van der Waals surface area contributed by atoms with Gasteiger partial charge in [0.25, 0.3) is 0 Å². The van der Waals surface area contributed by atoms with Gasteiger partial charge in [-0.15, -0.1) is 5.10 Å². The summed E-state index contributed by atoms with van der Waals surface area (Å²) in [5.41, 5.74) is 5.54. The lowest BCUT2D eigenvalue weighted by molar-refractivity contribution is 0.122. The fraction of sp³-hybridized carbons (Fsp3) is 0.207. The topological polar surface area (TPSA) is 128 Å². The number of hydrogen-bond acceptors (Lipinski definition) is 10. The second kappa shape index (κ2) is 11.1. The molecule has 1 aliphatic heterocycles. The number of anilines is 3. The average molecular weight is 569 g/mol. The van der Waals surface area contributed by atoms with E-state index in [1.807, 2.05) is 49.4 Å². The van der Waals surface area contributed by atoms with Crippen molar-refractivity contribution in [3.05, 3.63) is 84.9 Å². The van der Waals surface area contributed by atoms with E-state index in [-0.39, 0.29) is 4.90 Å². The number of rotatable bonds is 7. The van der Waals surface area contributed by atoms with E-state index < -0.39 is 9.84 Å². The summed E-state index contributed by atoms with van der Waals surface area (Å²) in [6.45, 7) is 4.57. The Morgan fingerprint density at radius 1 is 0.878 bits per heavy atom. The molecule has 0 amide bonds. The van der Waals surface area contributed by atoms with Crippen molar-refractivity contribution >= 4 is 27.2 Å². The van der Waals surface area contributed by atoms with Gasteiger partial charge in [-0.2, -0.15) is 0 Å². The summed E-state index contributed by atoms with van der Waals surface area (Å²) >= 11 is 0. The zero-order valence-electron chi connectivity index (χ0n) is 22.6. The highest BCUT2D eigenvalue weighted by Crippen LogP contribution is 2.29. The second-order valence-electron chi connectivity index (χ2n) is 9.76. The molecule has 0 spiro atoms. The first kappa shape index (κ1) is 26.5. The maximum Gasteiger partial charge on any atom is 0.227 e. The molecule has 208 valence electrons. The molecule has 0 unspecified atom stereocenters. The van der Waals surface area contributed by atoms with E-state index in [9.17, 15) is 8.42 Å². The first-order valence-corrected chi connectivity index (χ1v) is 14.9. The van der Waals surface area contributed by atoms with Crippen LogP contribution in [0.15, 0.2) is 84.3 Å². The van der Waals surface area contributed by atoms with Crippen LogP contribution in [0, 0.1) is 6.92 Å². The summed E-state index contributed by atoms with van der Waals surface area (Å²) in [4.78, 5) is 20.2. The maximum absolute atomic E-state index is 12.5. The van der Waals surface area contributed by atoms with Crippen LogP contribution in [0.1, 0.15) is 5.56 Å². The largest absolute Gasteiger partial charge is 0.378 e. The quantitative estimate of drug-likeness (QED) is 0.307. The van der Waals surface area contributed by atoms with Gasteiger partial charge < -0.3 is 15.0 Å². The standard InChI is InChI=1S/C29H28N8O3S/c1-20-3-8-27(31-18-20)28-32-19-37(35-28)23-6-4-22(5-7-23)33-29-30-10-9-26(34-29)21-15-24(36-11-13-40-14-12-36)17-25(16-21)41(2,38)39/h3-10,15-19H,11-14H2,1-2H3,(H,30,33,34). The Morgan fingerprint density at radius 2 is 1.68 bits per heavy atom. The predicted molar refractivity (Wildman–Crippen MR) is 156 cm³/mol. The maximum atomic E-state index is 12.5. The first-order chi connectivity index (χ1) is 19.8. The highest BCUT2D eigenvalue weighted by molar-refractivity contribution is 7.90. The molecule has 0 aliphatic carbocycles. The molecule has 0 radical (unpaired) electrons. The normalized spacial score (nSPS) is 13.8. The zero-order valence-corrected chi connectivity index (χ0v) is 23.4. The molecule has 6 rings (SSSR count). The molecule has 1 saturated heterocycles. The van der Waals surface area contributed by atoms with Crippen LogP contribution >= 0.6 is 0 Å². The van der Waals surface area contributed by atoms with E-state index in [0.29, 0.717) is 55.0 Å². The minimum absolute atomic E-state index is 0.245. The van der Waals surface area contributed by atoms with Crippen molar-refractivity contribution in [1.29, 1.82) is 0 Å². The van der Waals surface area contributed by atoms with Crippen molar-refractivity contribution in [2.75, 3.05) is 42.8 Å². The summed E-state index contributed by atoms with van der Waals surface area (Å²) in [5, 5.41) is 7.78. The number of aryl methyl sites for hydroxylation is 1. The van der Waals surface area contributed by atoms with E-state index in [2.05, 4.69) is 35.3 Å². The molecule has 0 atom stereocenters. The smallest absolute Gasteiger partial charge is 0.227 e.